The van der Waals surface area contributed by atoms with E-state index >= 15 is 0 Å². The smallest absolute Gasteiger partial charge is 0.236 e. The summed E-state index contributed by atoms with van der Waals surface area (Å²) in [4.78, 5) is 13.5. The summed E-state index contributed by atoms with van der Waals surface area (Å²) in [7, 11) is 0. The molecule has 3 rings (SSSR count). The molecule has 2 aromatic rings. The number of aromatic nitrogens is 4. The van der Waals surface area contributed by atoms with E-state index in [-0.39, 0.29) is 11.9 Å². The first-order valence-electron chi connectivity index (χ1n) is 6.82. The Labute approximate surface area is 121 Å². The van der Waals surface area contributed by atoms with Crippen molar-refractivity contribution in [2.45, 2.75) is 12.6 Å². The SMILES string of the molecule is NC(=O)C1CNCCN1Cc1nnnn1-c1ccccc1. The molecule has 0 saturated carbocycles. The van der Waals surface area contributed by atoms with Gasteiger partial charge in [-0.25, -0.2) is 0 Å². The normalized spacial score (nSPS) is 19.5. The van der Waals surface area contributed by atoms with Crippen LogP contribution in [0.15, 0.2) is 30.3 Å². The summed E-state index contributed by atoms with van der Waals surface area (Å²) in [5, 5.41) is 15.0. The molecule has 1 unspecified atom stereocenters. The first-order chi connectivity index (χ1) is 10.3. The second-order valence-corrected chi connectivity index (χ2v) is 4.94. The molecule has 8 nitrogen and oxygen atoms in total. The van der Waals surface area contributed by atoms with Gasteiger partial charge in [-0.15, -0.1) is 5.10 Å². The molecule has 0 aliphatic carbocycles. The van der Waals surface area contributed by atoms with Crippen LogP contribution in [0, 0.1) is 0 Å². The highest BCUT2D eigenvalue weighted by Gasteiger charge is 2.28. The van der Waals surface area contributed by atoms with E-state index in [9.17, 15) is 4.79 Å². The summed E-state index contributed by atoms with van der Waals surface area (Å²) >= 11 is 0. The van der Waals surface area contributed by atoms with Gasteiger partial charge in [-0.3, -0.25) is 9.69 Å². The first-order valence-corrected chi connectivity index (χ1v) is 6.82. The Bertz CT molecular complexity index is 612. The topological polar surface area (TPSA) is 102 Å². The van der Waals surface area contributed by atoms with Crippen molar-refractivity contribution < 1.29 is 4.79 Å². The van der Waals surface area contributed by atoms with Gasteiger partial charge in [0.1, 0.15) is 6.04 Å². The molecule has 21 heavy (non-hydrogen) atoms. The zero-order valence-electron chi connectivity index (χ0n) is 11.5. The van der Waals surface area contributed by atoms with E-state index < -0.39 is 0 Å². The van der Waals surface area contributed by atoms with Crippen molar-refractivity contribution in [3.63, 3.8) is 0 Å². The summed E-state index contributed by atoms with van der Waals surface area (Å²) in [6.45, 7) is 2.59. The maximum absolute atomic E-state index is 11.5. The maximum Gasteiger partial charge on any atom is 0.236 e. The summed E-state index contributed by atoms with van der Waals surface area (Å²) in [6, 6.07) is 9.33. The predicted molar refractivity (Wildman–Crippen MR) is 75.4 cm³/mol. The number of carbonyl (C=O) groups excluding carboxylic acids is 1. The average molecular weight is 287 g/mol. The van der Waals surface area contributed by atoms with Gasteiger partial charge in [0.2, 0.25) is 5.91 Å². The number of benzene rings is 1. The third kappa shape index (κ3) is 2.91. The van der Waals surface area contributed by atoms with E-state index in [0.29, 0.717) is 18.9 Å². The summed E-state index contributed by atoms with van der Waals surface area (Å²) in [6.07, 6.45) is 0. The zero-order valence-corrected chi connectivity index (χ0v) is 11.5. The zero-order chi connectivity index (χ0) is 14.7. The summed E-state index contributed by atoms with van der Waals surface area (Å²) < 4.78 is 1.68. The van der Waals surface area contributed by atoms with Crippen LogP contribution in [0.25, 0.3) is 5.69 Å². The molecule has 0 spiro atoms. The number of hydrogen-bond donors (Lipinski definition) is 2. The standard InChI is InChI=1S/C13H17N7O/c14-13(21)11-8-15-6-7-19(11)9-12-16-17-18-20(12)10-4-2-1-3-5-10/h1-5,11,15H,6-9H2,(H2,14,21). The molecule has 3 N–H and O–H groups in total. The Kier molecular flexibility index (Phi) is 3.89. The lowest BCUT2D eigenvalue weighted by Crippen LogP contribution is -2.56. The first kappa shape index (κ1) is 13.7. The lowest BCUT2D eigenvalue weighted by Gasteiger charge is -2.33. The molecule has 1 amide bonds. The number of nitrogens with zero attached hydrogens (tertiary/aromatic N) is 5. The fourth-order valence-corrected chi connectivity index (χ4v) is 2.47. The third-order valence-corrected chi connectivity index (χ3v) is 3.56. The van der Waals surface area contributed by atoms with Gasteiger partial charge in [-0.2, -0.15) is 4.68 Å². The number of rotatable bonds is 4. The lowest BCUT2D eigenvalue weighted by molar-refractivity contribution is -0.124. The largest absolute Gasteiger partial charge is 0.368 e. The molecule has 0 bridgehead atoms. The minimum atomic E-state index is -0.334. The Morgan fingerprint density at radius 3 is 2.95 bits per heavy atom. The van der Waals surface area contributed by atoms with Crippen LogP contribution in [0.3, 0.4) is 0 Å². The third-order valence-electron chi connectivity index (χ3n) is 3.56. The van der Waals surface area contributed by atoms with Gasteiger partial charge in [-0.1, -0.05) is 18.2 Å². The molecule has 1 aromatic carbocycles. The Hall–Kier alpha value is -2.32. The lowest BCUT2D eigenvalue weighted by atomic mass is 10.2. The van der Waals surface area contributed by atoms with Crippen LogP contribution >= 0.6 is 0 Å². The van der Waals surface area contributed by atoms with E-state index in [1.165, 1.54) is 0 Å². The van der Waals surface area contributed by atoms with Crippen molar-refractivity contribution in [1.29, 1.82) is 0 Å². The van der Waals surface area contributed by atoms with Crippen LogP contribution in [-0.2, 0) is 11.3 Å². The number of hydrogen-bond acceptors (Lipinski definition) is 6. The van der Waals surface area contributed by atoms with Crippen LogP contribution in [0.1, 0.15) is 5.82 Å². The van der Waals surface area contributed by atoms with Gasteiger partial charge < -0.3 is 11.1 Å². The van der Waals surface area contributed by atoms with Gasteiger partial charge in [0.25, 0.3) is 0 Å². The molecule has 8 heteroatoms. The molecule has 1 aromatic heterocycles. The molecule has 110 valence electrons. The van der Waals surface area contributed by atoms with Crippen molar-refractivity contribution in [2.75, 3.05) is 19.6 Å². The Morgan fingerprint density at radius 2 is 2.19 bits per heavy atom. The van der Waals surface area contributed by atoms with Crippen molar-refractivity contribution in [2.24, 2.45) is 5.73 Å². The fourth-order valence-electron chi connectivity index (χ4n) is 2.47. The predicted octanol–water partition coefficient (Wildman–Crippen LogP) is -1.08. The highest BCUT2D eigenvalue weighted by atomic mass is 16.1. The molecule has 1 aliphatic rings. The number of amides is 1. The van der Waals surface area contributed by atoms with Crippen molar-refractivity contribution in [3.8, 4) is 5.69 Å². The molecular weight excluding hydrogens is 270 g/mol. The number of primary amides is 1. The minimum absolute atomic E-state index is 0.332. The fraction of sp³-hybridized carbons (Fsp3) is 0.385. The number of tetrazole rings is 1. The quantitative estimate of drug-likeness (QED) is 0.742. The van der Waals surface area contributed by atoms with E-state index in [4.69, 9.17) is 5.73 Å². The minimum Gasteiger partial charge on any atom is -0.368 e. The number of nitrogens with two attached hydrogens (primary N) is 1. The number of piperazine rings is 1. The van der Waals surface area contributed by atoms with Crippen LogP contribution in [0.5, 0.6) is 0 Å². The Morgan fingerprint density at radius 1 is 1.38 bits per heavy atom. The molecule has 2 heterocycles. The van der Waals surface area contributed by atoms with Crippen molar-refractivity contribution in [1.82, 2.24) is 30.4 Å². The molecule has 1 fully saturated rings. The second kappa shape index (κ2) is 5.98. The number of para-hydroxylation sites is 1. The summed E-state index contributed by atoms with van der Waals surface area (Å²) in [5.74, 6) is 0.357. The number of nitrogens with one attached hydrogen (secondary N) is 1. The molecule has 1 atom stereocenters. The van der Waals surface area contributed by atoms with E-state index in [0.717, 1.165) is 18.8 Å². The summed E-state index contributed by atoms with van der Waals surface area (Å²) in [5.41, 5.74) is 6.35. The molecular formula is C13H17N7O. The van der Waals surface area contributed by atoms with Gasteiger partial charge in [-0.05, 0) is 22.6 Å². The van der Waals surface area contributed by atoms with E-state index in [1.54, 1.807) is 4.68 Å². The van der Waals surface area contributed by atoms with Crippen LogP contribution in [0.4, 0.5) is 0 Å². The van der Waals surface area contributed by atoms with Crippen LogP contribution in [-0.4, -0.2) is 56.7 Å². The van der Waals surface area contributed by atoms with Gasteiger partial charge in [0.05, 0.1) is 12.2 Å². The highest BCUT2D eigenvalue weighted by molar-refractivity contribution is 5.80. The van der Waals surface area contributed by atoms with E-state index in [1.807, 2.05) is 35.2 Å². The van der Waals surface area contributed by atoms with Crippen molar-refractivity contribution in [3.05, 3.63) is 36.2 Å². The monoisotopic (exact) mass is 287 g/mol. The van der Waals surface area contributed by atoms with Gasteiger partial charge in [0.15, 0.2) is 5.82 Å². The maximum atomic E-state index is 11.5. The molecule has 0 radical (unpaired) electrons. The van der Waals surface area contributed by atoms with Crippen molar-refractivity contribution >= 4 is 5.91 Å². The second-order valence-electron chi connectivity index (χ2n) is 4.94. The van der Waals surface area contributed by atoms with Gasteiger partial charge in [0, 0.05) is 19.6 Å². The highest BCUT2D eigenvalue weighted by Crippen LogP contribution is 2.12. The number of carbonyl (C=O) groups is 1. The van der Waals surface area contributed by atoms with Gasteiger partial charge >= 0.3 is 0 Å². The Balaban J connectivity index is 1.82. The van der Waals surface area contributed by atoms with Crippen LogP contribution < -0.4 is 11.1 Å². The molecule has 1 saturated heterocycles. The van der Waals surface area contributed by atoms with E-state index in [2.05, 4.69) is 20.8 Å². The molecule has 1 aliphatic heterocycles. The average Bonchev–Trinajstić information content (AvgIpc) is 2.96. The van der Waals surface area contributed by atoms with Crippen LogP contribution in [0.2, 0.25) is 0 Å².